The molecule has 0 atom stereocenters. The molecule has 1 heterocycles. The van der Waals surface area contributed by atoms with Crippen molar-refractivity contribution in [2.75, 3.05) is 0 Å². The van der Waals surface area contributed by atoms with Crippen LogP contribution in [0.2, 0.25) is 0 Å². The molecule has 59 valence electrons. The van der Waals surface area contributed by atoms with Crippen molar-refractivity contribution >= 4 is 0 Å². The zero-order chi connectivity index (χ0) is 8.39. The first-order chi connectivity index (χ1) is 5.86. The lowest BCUT2D eigenvalue weighted by atomic mass is 10.2. The van der Waals surface area contributed by atoms with Crippen LogP contribution in [-0.2, 0) is 0 Å². The average Bonchev–Trinajstić information content (AvgIpc) is 2.54. The summed E-state index contributed by atoms with van der Waals surface area (Å²) in [6.45, 7) is 0. The smallest absolute Gasteiger partial charge is 0.162 e. The molecule has 4 nitrogen and oxygen atoms in total. The Labute approximate surface area is 69.8 Å². The Morgan fingerprint density at radius 2 is 1.92 bits per heavy atom. The number of rotatable bonds is 1. The van der Waals surface area contributed by atoms with E-state index >= 15 is 0 Å². The van der Waals surface area contributed by atoms with Gasteiger partial charge >= 0.3 is 0 Å². The van der Waals surface area contributed by atoms with Crippen LogP contribution >= 0.6 is 0 Å². The summed E-state index contributed by atoms with van der Waals surface area (Å²) in [6, 6.07) is 9.66. The van der Waals surface area contributed by atoms with E-state index in [0.29, 0.717) is 5.82 Å². The molecule has 0 fully saturated rings. The van der Waals surface area contributed by atoms with Gasteiger partial charge in [-0.2, -0.15) is 4.80 Å². The molecule has 0 aliphatic heterocycles. The summed E-state index contributed by atoms with van der Waals surface area (Å²) in [5.74, 6) is 0.602. The van der Waals surface area contributed by atoms with E-state index in [1.165, 1.54) is 4.80 Å². The highest BCUT2D eigenvalue weighted by Crippen LogP contribution is 2.10. The summed E-state index contributed by atoms with van der Waals surface area (Å²) >= 11 is 0. The molecule has 2 aromatic rings. The minimum atomic E-state index is 0.602. The summed E-state index contributed by atoms with van der Waals surface area (Å²) in [5, 5.41) is 11.4. The van der Waals surface area contributed by atoms with Crippen LogP contribution in [0.5, 0.6) is 0 Å². The molecule has 0 saturated heterocycles. The lowest BCUT2D eigenvalue weighted by Crippen LogP contribution is -1.88. The largest absolute Gasteiger partial charge is 0.204 e. The molecule has 0 saturated carbocycles. The maximum absolute atomic E-state index is 3.96. The molecular weight excluding hydrogens is 152 g/mol. The van der Waals surface area contributed by atoms with Crippen LogP contribution in [0, 0.1) is 7.05 Å². The van der Waals surface area contributed by atoms with Gasteiger partial charge in [-0.15, -0.1) is 10.2 Å². The molecule has 0 aliphatic rings. The lowest BCUT2D eigenvalue weighted by Gasteiger charge is -1.89. The molecule has 1 radical (unpaired) electrons. The highest BCUT2D eigenvalue weighted by atomic mass is 15.6. The normalized spacial score (nSPS) is 10.1. The highest BCUT2D eigenvalue weighted by molar-refractivity contribution is 5.52. The van der Waals surface area contributed by atoms with Gasteiger partial charge in [0.05, 0.1) is 7.05 Å². The molecule has 1 aromatic carbocycles. The first kappa shape index (κ1) is 6.97. The Morgan fingerprint density at radius 3 is 2.50 bits per heavy atom. The van der Waals surface area contributed by atoms with Gasteiger partial charge in [-0.25, -0.2) is 0 Å². The van der Waals surface area contributed by atoms with Gasteiger partial charge in [0.15, 0.2) is 0 Å². The Kier molecular flexibility index (Phi) is 1.59. The fourth-order valence-electron chi connectivity index (χ4n) is 0.946. The van der Waals surface area contributed by atoms with Crippen molar-refractivity contribution in [3.05, 3.63) is 37.4 Å². The maximum atomic E-state index is 3.96. The van der Waals surface area contributed by atoms with Gasteiger partial charge in [-0.3, -0.25) is 0 Å². The van der Waals surface area contributed by atoms with Crippen molar-refractivity contribution in [3.8, 4) is 11.4 Å². The van der Waals surface area contributed by atoms with E-state index in [-0.39, 0.29) is 0 Å². The monoisotopic (exact) mass is 159 g/mol. The van der Waals surface area contributed by atoms with E-state index in [9.17, 15) is 0 Å². The summed E-state index contributed by atoms with van der Waals surface area (Å²) in [5.41, 5.74) is 0.951. The molecule has 12 heavy (non-hydrogen) atoms. The minimum Gasteiger partial charge on any atom is -0.162 e. The van der Waals surface area contributed by atoms with Crippen molar-refractivity contribution in [3.63, 3.8) is 0 Å². The van der Waals surface area contributed by atoms with E-state index < -0.39 is 0 Å². The number of tetrazole rings is 1. The Balaban J connectivity index is 2.45. The molecule has 0 bridgehead atoms. The van der Waals surface area contributed by atoms with E-state index in [1.54, 1.807) is 0 Å². The predicted molar refractivity (Wildman–Crippen MR) is 44.0 cm³/mol. The standard InChI is InChI=1S/C8H7N4/c1-12-10-8(9-11-12)7-5-3-2-4-6-7/h2-6H,1H2. The first-order valence-electron chi connectivity index (χ1n) is 3.52. The van der Waals surface area contributed by atoms with Crippen LogP contribution in [0.1, 0.15) is 0 Å². The Bertz CT molecular complexity index is 366. The van der Waals surface area contributed by atoms with Crippen LogP contribution in [0.3, 0.4) is 0 Å². The summed E-state index contributed by atoms with van der Waals surface area (Å²) < 4.78 is 0. The van der Waals surface area contributed by atoms with Crippen molar-refractivity contribution < 1.29 is 0 Å². The summed E-state index contributed by atoms with van der Waals surface area (Å²) in [4.78, 5) is 1.20. The lowest BCUT2D eigenvalue weighted by molar-refractivity contribution is 0.714. The zero-order valence-electron chi connectivity index (χ0n) is 6.38. The van der Waals surface area contributed by atoms with Gasteiger partial charge < -0.3 is 0 Å². The van der Waals surface area contributed by atoms with Crippen molar-refractivity contribution in [1.29, 1.82) is 0 Å². The second-order valence-corrected chi connectivity index (χ2v) is 2.35. The number of hydrogen-bond donors (Lipinski definition) is 0. The van der Waals surface area contributed by atoms with Gasteiger partial charge in [0.1, 0.15) is 0 Å². The van der Waals surface area contributed by atoms with Crippen molar-refractivity contribution in [2.45, 2.75) is 0 Å². The predicted octanol–water partition coefficient (Wildman–Crippen LogP) is 0.980. The highest BCUT2D eigenvalue weighted by Gasteiger charge is 2.01. The average molecular weight is 159 g/mol. The van der Waals surface area contributed by atoms with E-state index in [2.05, 4.69) is 22.5 Å². The minimum absolute atomic E-state index is 0.602. The molecular formula is C8H7N4. The van der Waals surface area contributed by atoms with Crippen LogP contribution < -0.4 is 0 Å². The molecule has 0 unspecified atom stereocenters. The molecule has 0 aliphatic carbocycles. The van der Waals surface area contributed by atoms with Gasteiger partial charge in [0.25, 0.3) is 0 Å². The topological polar surface area (TPSA) is 43.6 Å². The van der Waals surface area contributed by atoms with E-state index in [0.717, 1.165) is 5.56 Å². The van der Waals surface area contributed by atoms with Crippen molar-refractivity contribution in [1.82, 2.24) is 20.2 Å². The second-order valence-electron chi connectivity index (χ2n) is 2.35. The molecule has 2 rings (SSSR count). The summed E-state index contributed by atoms with van der Waals surface area (Å²) in [6.07, 6.45) is 0. The van der Waals surface area contributed by atoms with Crippen LogP contribution in [0.25, 0.3) is 11.4 Å². The third kappa shape index (κ3) is 1.18. The molecule has 4 heteroatoms. The van der Waals surface area contributed by atoms with E-state index in [4.69, 9.17) is 0 Å². The second kappa shape index (κ2) is 2.73. The number of hydrogen-bond acceptors (Lipinski definition) is 3. The molecule has 0 spiro atoms. The fraction of sp³-hybridized carbons (Fsp3) is 0. The molecule has 0 amide bonds. The zero-order valence-corrected chi connectivity index (χ0v) is 6.38. The Morgan fingerprint density at radius 1 is 1.17 bits per heavy atom. The molecule has 1 aromatic heterocycles. The first-order valence-corrected chi connectivity index (χ1v) is 3.52. The SMILES string of the molecule is [CH2]n1nnc(-c2ccccc2)n1. The quantitative estimate of drug-likeness (QED) is 0.623. The van der Waals surface area contributed by atoms with Gasteiger partial charge in [-0.1, -0.05) is 30.3 Å². The van der Waals surface area contributed by atoms with Gasteiger partial charge in [-0.05, 0) is 5.21 Å². The molecule has 0 N–H and O–H groups in total. The number of aromatic nitrogens is 4. The van der Waals surface area contributed by atoms with Crippen molar-refractivity contribution in [2.24, 2.45) is 0 Å². The van der Waals surface area contributed by atoms with E-state index in [1.807, 2.05) is 30.3 Å². The van der Waals surface area contributed by atoms with Crippen LogP contribution in [-0.4, -0.2) is 20.2 Å². The van der Waals surface area contributed by atoms with Crippen LogP contribution in [0.15, 0.2) is 30.3 Å². The Hall–Kier alpha value is -1.71. The number of nitrogens with zero attached hydrogens (tertiary/aromatic N) is 4. The van der Waals surface area contributed by atoms with Gasteiger partial charge in [0, 0.05) is 5.56 Å². The fourth-order valence-corrected chi connectivity index (χ4v) is 0.946. The number of benzene rings is 1. The van der Waals surface area contributed by atoms with Gasteiger partial charge in [0.2, 0.25) is 5.82 Å². The third-order valence-corrected chi connectivity index (χ3v) is 1.48. The summed E-state index contributed by atoms with van der Waals surface area (Å²) in [7, 11) is 3.50. The third-order valence-electron chi connectivity index (χ3n) is 1.48. The van der Waals surface area contributed by atoms with Crippen LogP contribution in [0.4, 0.5) is 0 Å². The maximum Gasteiger partial charge on any atom is 0.204 e.